The van der Waals surface area contributed by atoms with E-state index in [9.17, 15) is 13.5 Å². The Morgan fingerprint density at radius 2 is 2.05 bits per heavy atom. The summed E-state index contributed by atoms with van der Waals surface area (Å²) in [5.41, 5.74) is 2.29. The summed E-state index contributed by atoms with van der Waals surface area (Å²) in [6.45, 7) is 3.56. The highest BCUT2D eigenvalue weighted by Gasteiger charge is 2.19. The summed E-state index contributed by atoms with van der Waals surface area (Å²) in [4.78, 5) is 0.259. The third-order valence-corrected chi connectivity index (χ3v) is 5.29. The number of rotatable bonds is 5. The van der Waals surface area contributed by atoms with E-state index in [0.717, 1.165) is 11.1 Å². The van der Waals surface area contributed by atoms with Gasteiger partial charge in [0.25, 0.3) is 0 Å². The number of thiophene rings is 1. The van der Waals surface area contributed by atoms with Crippen LogP contribution < -0.4 is 4.72 Å². The minimum atomic E-state index is -3.61. The molecule has 108 valence electrons. The zero-order valence-electron chi connectivity index (χ0n) is 11.3. The van der Waals surface area contributed by atoms with Crippen LogP contribution in [-0.4, -0.2) is 20.1 Å². The second-order valence-corrected chi connectivity index (χ2v) is 7.21. The Bertz CT molecular complexity index is 678. The highest BCUT2D eigenvalue weighted by Crippen LogP contribution is 2.19. The Labute approximate surface area is 123 Å². The van der Waals surface area contributed by atoms with Gasteiger partial charge in [-0.1, -0.05) is 12.1 Å². The molecule has 0 saturated carbocycles. The SMILES string of the molecule is Cc1ccc(C)c(S(=O)(=O)NCC(O)c2ccsc2)c1. The lowest BCUT2D eigenvalue weighted by molar-refractivity contribution is 0.182. The van der Waals surface area contributed by atoms with Crippen LogP contribution in [0, 0.1) is 13.8 Å². The van der Waals surface area contributed by atoms with Crippen LogP contribution >= 0.6 is 11.3 Å². The van der Waals surface area contributed by atoms with E-state index >= 15 is 0 Å². The van der Waals surface area contributed by atoms with E-state index in [-0.39, 0.29) is 11.4 Å². The number of hydrogen-bond acceptors (Lipinski definition) is 4. The van der Waals surface area contributed by atoms with Crippen LogP contribution in [0.1, 0.15) is 22.8 Å². The van der Waals surface area contributed by atoms with E-state index in [1.807, 2.05) is 18.4 Å². The molecule has 0 aliphatic heterocycles. The van der Waals surface area contributed by atoms with E-state index in [2.05, 4.69) is 4.72 Å². The van der Waals surface area contributed by atoms with Crippen molar-refractivity contribution in [3.63, 3.8) is 0 Å². The van der Waals surface area contributed by atoms with Gasteiger partial charge in [-0.3, -0.25) is 0 Å². The molecule has 4 nitrogen and oxygen atoms in total. The predicted octanol–water partition coefficient (Wildman–Crippen LogP) is 2.38. The van der Waals surface area contributed by atoms with Crippen molar-refractivity contribution in [2.24, 2.45) is 0 Å². The molecule has 1 unspecified atom stereocenters. The topological polar surface area (TPSA) is 66.4 Å². The molecule has 1 heterocycles. The molecule has 0 radical (unpaired) electrons. The van der Waals surface area contributed by atoms with Crippen molar-refractivity contribution in [2.75, 3.05) is 6.54 Å². The number of hydrogen-bond donors (Lipinski definition) is 2. The monoisotopic (exact) mass is 311 g/mol. The molecule has 2 N–H and O–H groups in total. The summed E-state index contributed by atoms with van der Waals surface area (Å²) < 4.78 is 27.0. The van der Waals surface area contributed by atoms with E-state index in [1.165, 1.54) is 11.3 Å². The maximum Gasteiger partial charge on any atom is 0.240 e. The van der Waals surface area contributed by atoms with Crippen molar-refractivity contribution >= 4 is 21.4 Å². The lowest BCUT2D eigenvalue weighted by Crippen LogP contribution is -2.29. The van der Waals surface area contributed by atoms with Crippen molar-refractivity contribution in [3.8, 4) is 0 Å². The van der Waals surface area contributed by atoms with E-state index in [4.69, 9.17) is 0 Å². The number of aliphatic hydroxyl groups is 1. The Morgan fingerprint density at radius 1 is 1.30 bits per heavy atom. The Hall–Kier alpha value is -1.21. The highest BCUT2D eigenvalue weighted by atomic mass is 32.2. The number of aliphatic hydroxyl groups excluding tert-OH is 1. The van der Waals surface area contributed by atoms with E-state index in [1.54, 1.807) is 30.5 Å². The van der Waals surface area contributed by atoms with Crippen LogP contribution in [0.3, 0.4) is 0 Å². The van der Waals surface area contributed by atoms with Crippen LogP contribution in [0.2, 0.25) is 0 Å². The predicted molar refractivity (Wildman–Crippen MR) is 80.4 cm³/mol. The van der Waals surface area contributed by atoms with Gasteiger partial charge in [0.05, 0.1) is 11.0 Å². The molecule has 20 heavy (non-hydrogen) atoms. The average Bonchev–Trinajstić information content (AvgIpc) is 2.93. The van der Waals surface area contributed by atoms with Crippen molar-refractivity contribution in [1.29, 1.82) is 0 Å². The molecule has 0 bridgehead atoms. The van der Waals surface area contributed by atoms with Crippen LogP contribution in [-0.2, 0) is 10.0 Å². The van der Waals surface area contributed by atoms with E-state index < -0.39 is 16.1 Å². The summed E-state index contributed by atoms with van der Waals surface area (Å²) in [7, 11) is -3.61. The molecule has 0 saturated heterocycles. The number of aryl methyl sites for hydroxylation is 2. The first-order chi connectivity index (χ1) is 9.40. The first-order valence-corrected chi connectivity index (χ1v) is 8.60. The Kier molecular flexibility index (Phi) is 4.59. The molecule has 0 aliphatic rings. The van der Waals surface area contributed by atoms with E-state index in [0.29, 0.717) is 5.56 Å². The molecular formula is C14H17NO3S2. The van der Waals surface area contributed by atoms with Gasteiger partial charge in [-0.05, 0) is 53.4 Å². The fourth-order valence-corrected chi connectivity index (χ4v) is 3.92. The van der Waals surface area contributed by atoms with Gasteiger partial charge in [-0.2, -0.15) is 11.3 Å². The second-order valence-electron chi connectivity index (χ2n) is 4.69. The summed E-state index contributed by atoms with van der Waals surface area (Å²) in [6.07, 6.45) is -0.832. The number of sulfonamides is 1. The molecule has 0 spiro atoms. The molecule has 0 amide bonds. The minimum Gasteiger partial charge on any atom is -0.387 e. The maximum absolute atomic E-state index is 12.3. The minimum absolute atomic E-state index is 0.0353. The zero-order chi connectivity index (χ0) is 14.8. The maximum atomic E-state index is 12.3. The van der Waals surface area contributed by atoms with Gasteiger partial charge in [0.2, 0.25) is 10.0 Å². The molecule has 6 heteroatoms. The van der Waals surface area contributed by atoms with Gasteiger partial charge in [-0.15, -0.1) is 0 Å². The normalized spacial score (nSPS) is 13.3. The molecular weight excluding hydrogens is 294 g/mol. The van der Waals surface area contributed by atoms with Gasteiger partial charge in [0.15, 0.2) is 0 Å². The standard InChI is InChI=1S/C14H17NO3S2/c1-10-3-4-11(2)14(7-10)20(17,18)15-8-13(16)12-5-6-19-9-12/h3-7,9,13,15-16H,8H2,1-2H3. The van der Waals surface area contributed by atoms with Crippen molar-refractivity contribution in [2.45, 2.75) is 24.8 Å². The smallest absolute Gasteiger partial charge is 0.240 e. The molecule has 1 aromatic heterocycles. The summed E-state index contributed by atoms with van der Waals surface area (Å²) in [6, 6.07) is 7.06. The van der Waals surface area contributed by atoms with Crippen molar-refractivity contribution < 1.29 is 13.5 Å². The lowest BCUT2D eigenvalue weighted by atomic mass is 10.2. The Morgan fingerprint density at radius 3 is 2.70 bits per heavy atom. The largest absolute Gasteiger partial charge is 0.387 e. The molecule has 1 atom stereocenters. The number of nitrogens with one attached hydrogen (secondary N) is 1. The number of benzene rings is 1. The second kappa shape index (κ2) is 6.05. The van der Waals surface area contributed by atoms with Gasteiger partial charge in [0.1, 0.15) is 0 Å². The zero-order valence-corrected chi connectivity index (χ0v) is 13.0. The molecule has 0 aliphatic carbocycles. The molecule has 0 fully saturated rings. The third-order valence-electron chi connectivity index (χ3n) is 3.03. The highest BCUT2D eigenvalue weighted by molar-refractivity contribution is 7.89. The van der Waals surface area contributed by atoms with Gasteiger partial charge in [0, 0.05) is 6.54 Å². The molecule has 2 aromatic rings. The van der Waals surface area contributed by atoms with Gasteiger partial charge >= 0.3 is 0 Å². The van der Waals surface area contributed by atoms with Crippen LogP contribution in [0.15, 0.2) is 39.9 Å². The first-order valence-electron chi connectivity index (χ1n) is 6.17. The molecule has 1 aromatic carbocycles. The fourth-order valence-electron chi connectivity index (χ4n) is 1.85. The molecule has 2 rings (SSSR count). The van der Waals surface area contributed by atoms with Crippen LogP contribution in [0.4, 0.5) is 0 Å². The van der Waals surface area contributed by atoms with Crippen molar-refractivity contribution in [1.82, 2.24) is 4.72 Å². The summed E-state index contributed by atoms with van der Waals surface area (Å²) in [5.74, 6) is 0. The fraction of sp³-hybridized carbons (Fsp3) is 0.286. The average molecular weight is 311 g/mol. The van der Waals surface area contributed by atoms with Crippen LogP contribution in [0.5, 0.6) is 0 Å². The Balaban J connectivity index is 2.13. The lowest BCUT2D eigenvalue weighted by Gasteiger charge is -2.13. The van der Waals surface area contributed by atoms with Crippen molar-refractivity contribution in [3.05, 3.63) is 51.7 Å². The summed E-state index contributed by atoms with van der Waals surface area (Å²) >= 11 is 1.46. The third kappa shape index (κ3) is 3.46. The van der Waals surface area contributed by atoms with Crippen LogP contribution in [0.25, 0.3) is 0 Å². The van der Waals surface area contributed by atoms with Gasteiger partial charge < -0.3 is 5.11 Å². The van der Waals surface area contributed by atoms with Gasteiger partial charge in [-0.25, -0.2) is 13.1 Å². The first kappa shape index (κ1) is 15.2. The quantitative estimate of drug-likeness (QED) is 0.891. The summed E-state index contributed by atoms with van der Waals surface area (Å²) in [5, 5.41) is 13.6.